The number of carbonyl (C=O) groups excluding carboxylic acids is 1. The molecule has 22 heavy (non-hydrogen) atoms. The number of ether oxygens (including phenoxy) is 1. The first-order chi connectivity index (χ1) is 10.8. The molecule has 0 atom stereocenters. The summed E-state index contributed by atoms with van der Waals surface area (Å²) in [5.41, 5.74) is 2.00. The molecule has 0 radical (unpaired) electrons. The molecular formula is C18H19N2O2+. The van der Waals surface area contributed by atoms with Gasteiger partial charge in [0.05, 0.1) is 24.2 Å². The minimum absolute atomic E-state index is 0.161. The Hall–Kier alpha value is -2.17. The molecule has 0 aliphatic carbocycles. The first kappa shape index (κ1) is 13.5. The normalized spacial score (nSPS) is 16.4. The van der Waals surface area contributed by atoms with Crippen LogP contribution in [0.1, 0.15) is 4.79 Å². The Bertz CT molecular complexity index is 778. The van der Waals surface area contributed by atoms with Crippen molar-refractivity contribution in [1.29, 1.82) is 0 Å². The first-order valence-corrected chi connectivity index (χ1v) is 7.77. The van der Waals surface area contributed by atoms with E-state index in [4.69, 9.17) is 4.74 Å². The lowest BCUT2D eigenvalue weighted by molar-refractivity contribution is -0.899. The number of para-hydroxylation sites is 2. The lowest BCUT2D eigenvalue weighted by atomic mass is 10.2. The molecule has 0 amide bonds. The van der Waals surface area contributed by atoms with Gasteiger partial charge in [-0.3, -0.25) is 9.36 Å². The number of nitrogens with zero attached hydrogens (tertiary/aromatic N) is 1. The van der Waals surface area contributed by atoms with Crippen LogP contribution >= 0.6 is 0 Å². The average molecular weight is 295 g/mol. The van der Waals surface area contributed by atoms with Crippen LogP contribution in [0.3, 0.4) is 0 Å². The molecule has 0 unspecified atom stereocenters. The maximum absolute atomic E-state index is 12.9. The Morgan fingerprint density at radius 3 is 2.09 bits per heavy atom. The third-order valence-electron chi connectivity index (χ3n) is 4.43. The number of hydrogen-bond donors (Lipinski definition) is 1. The van der Waals surface area contributed by atoms with Crippen LogP contribution in [0.15, 0.2) is 48.5 Å². The van der Waals surface area contributed by atoms with Crippen LogP contribution in [0.4, 0.5) is 0 Å². The summed E-state index contributed by atoms with van der Waals surface area (Å²) in [5, 5.41) is 2.28. The zero-order chi connectivity index (χ0) is 14.9. The smallest absolute Gasteiger partial charge is 0.286 e. The van der Waals surface area contributed by atoms with Crippen LogP contribution in [0.25, 0.3) is 21.8 Å². The number of hydrogen-bond acceptors (Lipinski definition) is 2. The van der Waals surface area contributed by atoms with Gasteiger partial charge in [-0.2, -0.15) is 0 Å². The van der Waals surface area contributed by atoms with Crippen molar-refractivity contribution in [1.82, 2.24) is 4.57 Å². The number of morpholine rings is 1. The zero-order valence-corrected chi connectivity index (χ0v) is 12.4. The van der Waals surface area contributed by atoms with Crippen molar-refractivity contribution >= 4 is 27.7 Å². The van der Waals surface area contributed by atoms with Crippen molar-refractivity contribution < 1.29 is 14.4 Å². The molecule has 2 heterocycles. The van der Waals surface area contributed by atoms with Gasteiger partial charge in [-0.1, -0.05) is 36.4 Å². The lowest BCUT2D eigenvalue weighted by Crippen LogP contribution is -3.15. The number of nitrogens with one attached hydrogen (secondary N) is 1. The minimum Gasteiger partial charge on any atom is -0.370 e. The Morgan fingerprint density at radius 1 is 0.955 bits per heavy atom. The third kappa shape index (κ3) is 2.21. The summed E-state index contributed by atoms with van der Waals surface area (Å²) in [5.74, 6) is 0.161. The van der Waals surface area contributed by atoms with Crippen LogP contribution in [-0.2, 0) is 4.74 Å². The Kier molecular flexibility index (Phi) is 3.41. The van der Waals surface area contributed by atoms with Gasteiger partial charge in [0.15, 0.2) is 6.54 Å². The van der Waals surface area contributed by atoms with E-state index in [1.165, 1.54) is 4.90 Å². The van der Waals surface area contributed by atoms with Crippen LogP contribution in [-0.4, -0.2) is 43.3 Å². The number of carbonyl (C=O) groups is 1. The molecule has 2 aromatic carbocycles. The van der Waals surface area contributed by atoms with Gasteiger partial charge in [-0.05, 0) is 12.1 Å². The van der Waals surface area contributed by atoms with Gasteiger partial charge in [-0.15, -0.1) is 0 Å². The van der Waals surface area contributed by atoms with Crippen LogP contribution in [0, 0.1) is 0 Å². The molecule has 1 aromatic heterocycles. The van der Waals surface area contributed by atoms with Crippen molar-refractivity contribution in [2.45, 2.75) is 0 Å². The standard InChI is InChI=1S/C18H18N2O2/c21-18(13-19-9-11-22-12-10-19)20-16-7-3-1-5-14(16)15-6-2-4-8-17(15)20/h1-8H,9-13H2/p+1. The average Bonchev–Trinajstić information content (AvgIpc) is 2.90. The van der Waals surface area contributed by atoms with Crippen molar-refractivity contribution in [3.8, 4) is 0 Å². The van der Waals surface area contributed by atoms with Gasteiger partial charge in [0, 0.05) is 10.8 Å². The second kappa shape index (κ2) is 5.55. The van der Waals surface area contributed by atoms with Crippen molar-refractivity contribution in [2.75, 3.05) is 32.8 Å². The Labute approximate surface area is 128 Å². The maximum atomic E-state index is 12.9. The summed E-state index contributed by atoms with van der Waals surface area (Å²) < 4.78 is 7.26. The van der Waals surface area contributed by atoms with Crippen molar-refractivity contribution in [3.63, 3.8) is 0 Å². The fourth-order valence-corrected chi connectivity index (χ4v) is 3.32. The third-order valence-corrected chi connectivity index (χ3v) is 4.43. The largest absolute Gasteiger partial charge is 0.370 e. The molecule has 3 aromatic rings. The van der Waals surface area contributed by atoms with E-state index in [1.807, 2.05) is 41.0 Å². The SMILES string of the molecule is O=C(C[NH+]1CCOCC1)n1c2ccccc2c2ccccc21. The molecule has 0 spiro atoms. The van der Waals surface area contributed by atoms with E-state index < -0.39 is 0 Å². The van der Waals surface area contributed by atoms with Crippen molar-refractivity contribution in [2.24, 2.45) is 0 Å². The van der Waals surface area contributed by atoms with Crippen molar-refractivity contribution in [3.05, 3.63) is 48.5 Å². The van der Waals surface area contributed by atoms with Gasteiger partial charge in [0.25, 0.3) is 5.91 Å². The summed E-state index contributed by atoms with van der Waals surface area (Å²) in [6.07, 6.45) is 0. The lowest BCUT2D eigenvalue weighted by Gasteiger charge is -2.23. The van der Waals surface area contributed by atoms with E-state index in [1.54, 1.807) is 0 Å². The molecule has 1 N–H and O–H groups in total. The highest BCUT2D eigenvalue weighted by Gasteiger charge is 2.21. The maximum Gasteiger partial charge on any atom is 0.286 e. The molecule has 0 bridgehead atoms. The predicted octanol–water partition coefficient (Wildman–Crippen LogP) is 1.35. The monoisotopic (exact) mass is 295 g/mol. The summed E-state index contributed by atoms with van der Waals surface area (Å²) in [4.78, 5) is 14.2. The van der Waals surface area contributed by atoms with Gasteiger partial charge >= 0.3 is 0 Å². The summed E-state index contributed by atoms with van der Waals surface area (Å²) in [6, 6.07) is 16.3. The fourth-order valence-electron chi connectivity index (χ4n) is 3.32. The summed E-state index contributed by atoms with van der Waals surface area (Å²) in [6.45, 7) is 3.82. The second-order valence-electron chi connectivity index (χ2n) is 5.80. The summed E-state index contributed by atoms with van der Waals surface area (Å²) >= 11 is 0. The highest BCUT2D eigenvalue weighted by Crippen LogP contribution is 2.28. The zero-order valence-electron chi connectivity index (χ0n) is 12.4. The van der Waals surface area contributed by atoms with Gasteiger partial charge in [-0.25, -0.2) is 0 Å². The van der Waals surface area contributed by atoms with E-state index in [0.717, 1.165) is 48.1 Å². The first-order valence-electron chi connectivity index (χ1n) is 7.77. The molecule has 4 nitrogen and oxygen atoms in total. The number of aromatic nitrogens is 1. The molecule has 1 aliphatic heterocycles. The highest BCUT2D eigenvalue weighted by molar-refractivity contribution is 6.13. The summed E-state index contributed by atoms with van der Waals surface area (Å²) in [7, 11) is 0. The van der Waals surface area contributed by atoms with Crippen LogP contribution in [0.2, 0.25) is 0 Å². The van der Waals surface area contributed by atoms with Crippen LogP contribution in [0.5, 0.6) is 0 Å². The molecule has 1 fully saturated rings. The Morgan fingerprint density at radius 2 is 1.50 bits per heavy atom. The van der Waals surface area contributed by atoms with E-state index >= 15 is 0 Å². The molecule has 112 valence electrons. The van der Waals surface area contributed by atoms with E-state index in [9.17, 15) is 4.79 Å². The quantitative estimate of drug-likeness (QED) is 0.774. The van der Waals surface area contributed by atoms with Gasteiger partial charge in [0.1, 0.15) is 13.1 Å². The highest BCUT2D eigenvalue weighted by atomic mass is 16.5. The van der Waals surface area contributed by atoms with E-state index in [2.05, 4.69) is 12.1 Å². The number of benzene rings is 2. The second-order valence-corrected chi connectivity index (χ2v) is 5.80. The molecular weight excluding hydrogens is 276 g/mol. The fraction of sp³-hybridized carbons (Fsp3) is 0.278. The van der Waals surface area contributed by atoms with E-state index in [0.29, 0.717) is 6.54 Å². The molecule has 1 saturated heterocycles. The topological polar surface area (TPSA) is 35.7 Å². The molecule has 0 saturated carbocycles. The van der Waals surface area contributed by atoms with Gasteiger partial charge in [0.2, 0.25) is 0 Å². The number of quaternary nitrogens is 1. The molecule has 4 rings (SSSR count). The minimum atomic E-state index is 0.161. The van der Waals surface area contributed by atoms with Gasteiger partial charge < -0.3 is 9.64 Å². The van der Waals surface area contributed by atoms with Crippen LogP contribution < -0.4 is 4.90 Å². The predicted molar refractivity (Wildman–Crippen MR) is 86.5 cm³/mol. The van der Waals surface area contributed by atoms with E-state index in [-0.39, 0.29) is 5.91 Å². The molecule has 4 heteroatoms. The number of fused-ring (bicyclic) bond motifs is 3. The Balaban J connectivity index is 1.80. The number of rotatable bonds is 2. The molecule has 1 aliphatic rings.